The van der Waals surface area contributed by atoms with Gasteiger partial charge in [0.15, 0.2) is 0 Å². The quantitative estimate of drug-likeness (QED) is 0.579. The first-order chi connectivity index (χ1) is 6.47. The van der Waals surface area contributed by atoms with Crippen molar-refractivity contribution < 1.29 is 39.3 Å². The second-order valence-electron chi connectivity index (χ2n) is 1.61. The van der Waals surface area contributed by atoms with Crippen LogP contribution in [0.1, 0.15) is 0 Å². The van der Waals surface area contributed by atoms with E-state index in [1.54, 1.807) is 0 Å². The minimum absolute atomic E-state index is 0. The third kappa shape index (κ3) is 59.7. The molecule has 0 saturated heterocycles. The summed E-state index contributed by atoms with van der Waals surface area (Å²) in [6.07, 6.45) is 0. The summed E-state index contributed by atoms with van der Waals surface area (Å²) in [5, 5.41) is 14.8. The number of aliphatic carboxylic acids is 2. The maximum atomic E-state index is 9.10. The van der Waals surface area contributed by atoms with Gasteiger partial charge in [0.1, 0.15) is 0 Å². The normalized spacial score (nSPS) is 6.93. The molecule has 8 nitrogen and oxygen atoms in total. The molecule has 0 bridgehead atoms. The molecule has 90 valence electrons. The molecule has 0 rings (SSSR count). The number of hydrogen-bond donors (Lipinski definition) is 2. The van der Waals surface area contributed by atoms with Crippen molar-refractivity contribution in [2.24, 2.45) is 0 Å². The molecule has 0 atom stereocenters. The summed E-state index contributed by atoms with van der Waals surface area (Å²) in [7, 11) is 0. The SMILES string of the molecule is O=C(O)C(=O)O.[NH-]CC[NH-].[NH-]CC[NH-].[Ru+4]. The fourth-order valence-electron chi connectivity index (χ4n) is 0. The summed E-state index contributed by atoms with van der Waals surface area (Å²) in [6, 6.07) is 0. The molecular weight excluding hydrogens is 293 g/mol. The first-order valence-electron chi connectivity index (χ1n) is 3.52. The largest absolute Gasteiger partial charge is 4.00 e. The first kappa shape index (κ1) is 23.9. The fourth-order valence-corrected chi connectivity index (χ4v) is 0. The van der Waals surface area contributed by atoms with Crippen molar-refractivity contribution in [1.82, 2.24) is 0 Å². The molecule has 0 saturated carbocycles. The van der Waals surface area contributed by atoms with Crippen molar-refractivity contribution in [2.45, 2.75) is 0 Å². The molecule has 0 aliphatic carbocycles. The van der Waals surface area contributed by atoms with Crippen LogP contribution in [0.3, 0.4) is 0 Å². The van der Waals surface area contributed by atoms with Gasteiger partial charge in [0.05, 0.1) is 0 Å². The van der Waals surface area contributed by atoms with Crippen molar-refractivity contribution in [3.63, 3.8) is 0 Å². The van der Waals surface area contributed by atoms with Crippen LogP contribution in [-0.2, 0) is 29.1 Å². The van der Waals surface area contributed by atoms with Gasteiger partial charge in [-0.05, 0) is 0 Å². The average molecular weight is 307 g/mol. The van der Waals surface area contributed by atoms with E-state index >= 15 is 0 Å². The Bertz CT molecular complexity index is 127. The molecule has 0 unspecified atom stereocenters. The molecule has 15 heavy (non-hydrogen) atoms. The average Bonchev–Trinajstić information content (AvgIpc) is 2.18. The van der Waals surface area contributed by atoms with Gasteiger partial charge in [-0.15, -0.1) is 0 Å². The zero-order valence-corrected chi connectivity index (χ0v) is 9.63. The van der Waals surface area contributed by atoms with E-state index in [0.29, 0.717) is 0 Å². The summed E-state index contributed by atoms with van der Waals surface area (Å²) in [5.74, 6) is -3.65. The second-order valence-corrected chi connectivity index (χ2v) is 1.61. The van der Waals surface area contributed by atoms with E-state index in [4.69, 9.17) is 42.7 Å². The van der Waals surface area contributed by atoms with Gasteiger partial charge in [-0.1, -0.05) is 0 Å². The number of rotatable bonds is 2. The first-order valence-corrected chi connectivity index (χ1v) is 3.52. The number of nitrogens with one attached hydrogen (secondary N) is 4. The molecule has 6 N–H and O–H groups in total. The molecule has 0 aromatic heterocycles. The summed E-state index contributed by atoms with van der Waals surface area (Å²) < 4.78 is 0. The molecular formula is C6H14N4O4Ru. The zero-order chi connectivity index (χ0) is 12.0. The van der Waals surface area contributed by atoms with Gasteiger partial charge in [-0.3, -0.25) is 0 Å². The van der Waals surface area contributed by atoms with Crippen LogP contribution in [-0.4, -0.2) is 48.3 Å². The Morgan fingerprint density at radius 2 is 0.867 bits per heavy atom. The maximum absolute atomic E-state index is 9.10. The van der Waals surface area contributed by atoms with Crippen LogP contribution in [0, 0.1) is 0 Å². The second kappa shape index (κ2) is 23.3. The third-order valence-electron chi connectivity index (χ3n) is 0.433. The topological polar surface area (TPSA) is 170 Å². The van der Waals surface area contributed by atoms with Gasteiger partial charge >= 0.3 is 31.4 Å². The van der Waals surface area contributed by atoms with Crippen molar-refractivity contribution in [1.29, 1.82) is 0 Å². The fraction of sp³-hybridized carbons (Fsp3) is 0.667. The summed E-state index contributed by atoms with van der Waals surface area (Å²) in [4.78, 5) is 18.2. The van der Waals surface area contributed by atoms with Gasteiger partial charge in [0.2, 0.25) is 0 Å². The monoisotopic (exact) mass is 308 g/mol. The Kier molecular flexibility index (Phi) is 37.2. The van der Waals surface area contributed by atoms with Crippen molar-refractivity contribution in [3.8, 4) is 0 Å². The van der Waals surface area contributed by atoms with E-state index in [0.717, 1.165) is 0 Å². The van der Waals surface area contributed by atoms with Gasteiger partial charge < -0.3 is 33.1 Å². The van der Waals surface area contributed by atoms with E-state index in [2.05, 4.69) is 0 Å². The molecule has 0 aliphatic heterocycles. The van der Waals surface area contributed by atoms with Crippen molar-refractivity contribution in [3.05, 3.63) is 22.9 Å². The van der Waals surface area contributed by atoms with Crippen LogP contribution in [0.25, 0.3) is 22.9 Å². The molecule has 0 fully saturated rings. The van der Waals surface area contributed by atoms with Gasteiger partial charge in [0.25, 0.3) is 0 Å². The van der Waals surface area contributed by atoms with Crippen LogP contribution in [0.2, 0.25) is 0 Å². The molecule has 0 radical (unpaired) electrons. The van der Waals surface area contributed by atoms with Crippen molar-refractivity contribution in [2.75, 3.05) is 26.2 Å². The van der Waals surface area contributed by atoms with Crippen LogP contribution in [0.4, 0.5) is 0 Å². The van der Waals surface area contributed by atoms with E-state index in [1.807, 2.05) is 0 Å². The number of carboxylic acid groups (broad SMARTS) is 2. The minimum Gasteiger partial charge on any atom is -0.679 e. The number of hydrogen-bond acceptors (Lipinski definition) is 2. The van der Waals surface area contributed by atoms with Gasteiger partial charge in [-0.2, -0.15) is 26.2 Å². The molecule has 0 aromatic carbocycles. The van der Waals surface area contributed by atoms with Crippen LogP contribution in [0.15, 0.2) is 0 Å². The van der Waals surface area contributed by atoms with Crippen LogP contribution < -0.4 is 0 Å². The van der Waals surface area contributed by atoms with Crippen LogP contribution in [0.5, 0.6) is 0 Å². The molecule has 0 heterocycles. The standard InChI is InChI=1S/2C2H6N2.C2H2O4.Ru/c2*3-1-2-4;3-1(4)2(5)6;/h2*3-4H,1-2H2;(H,3,4)(H,5,6);/q2*-2;;+4. The Morgan fingerprint density at radius 3 is 0.867 bits per heavy atom. The summed E-state index contributed by atoms with van der Waals surface area (Å²) in [6.45, 7) is 0.944. The smallest absolute Gasteiger partial charge is 0.679 e. The summed E-state index contributed by atoms with van der Waals surface area (Å²) in [5.41, 5.74) is 25.1. The van der Waals surface area contributed by atoms with Crippen molar-refractivity contribution >= 4 is 11.9 Å². The predicted octanol–water partition coefficient (Wildman–Crippen LogP) is 1.33. The molecule has 0 spiro atoms. The molecule has 0 aromatic rings. The van der Waals surface area contributed by atoms with Gasteiger partial charge in [0, 0.05) is 0 Å². The minimum atomic E-state index is -1.82. The molecule has 9 heteroatoms. The van der Waals surface area contributed by atoms with Crippen LogP contribution >= 0.6 is 0 Å². The predicted molar refractivity (Wildman–Crippen MR) is 52.0 cm³/mol. The Labute approximate surface area is 101 Å². The Balaban J connectivity index is -0.0000000606. The van der Waals surface area contributed by atoms with Gasteiger partial charge in [-0.25, -0.2) is 9.59 Å². The molecule has 0 amide bonds. The van der Waals surface area contributed by atoms with E-state index in [9.17, 15) is 0 Å². The third-order valence-corrected chi connectivity index (χ3v) is 0.433. The van der Waals surface area contributed by atoms with E-state index in [1.165, 1.54) is 0 Å². The number of carboxylic acids is 2. The number of carbonyl (C=O) groups is 2. The van der Waals surface area contributed by atoms with E-state index < -0.39 is 11.9 Å². The Morgan fingerprint density at radius 1 is 0.733 bits per heavy atom. The maximum Gasteiger partial charge on any atom is 4.00 e. The zero-order valence-electron chi connectivity index (χ0n) is 7.89. The van der Waals surface area contributed by atoms with E-state index in [-0.39, 0.29) is 45.7 Å². The Hall–Kier alpha value is -0.597. The molecule has 0 aliphatic rings. The summed E-state index contributed by atoms with van der Waals surface area (Å²) >= 11 is 0.